The second kappa shape index (κ2) is 6.94. The van der Waals surface area contributed by atoms with Crippen LogP contribution in [-0.4, -0.2) is 19.2 Å². The molecule has 0 amide bonds. The predicted molar refractivity (Wildman–Crippen MR) is 67.3 cm³/mol. The largest absolute Gasteiger partial charge is 0.492 e. The van der Waals surface area contributed by atoms with Crippen molar-refractivity contribution in [1.82, 2.24) is 0 Å². The molecule has 17 heavy (non-hydrogen) atoms. The maximum Gasteiger partial charge on any atom is 0.309 e. The van der Waals surface area contributed by atoms with E-state index in [-0.39, 0.29) is 5.97 Å². The van der Waals surface area contributed by atoms with Gasteiger partial charge >= 0.3 is 5.97 Å². The molecule has 0 aliphatic rings. The Morgan fingerprint density at radius 1 is 1.18 bits per heavy atom. The third-order valence-corrected chi connectivity index (χ3v) is 2.43. The van der Waals surface area contributed by atoms with Crippen LogP contribution < -0.4 is 4.74 Å². The quantitative estimate of drug-likeness (QED) is 0.712. The first-order valence-corrected chi connectivity index (χ1v) is 5.99. The topological polar surface area (TPSA) is 35.5 Å². The van der Waals surface area contributed by atoms with Gasteiger partial charge in [0.15, 0.2) is 0 Å². The van der Waals surface area contributed by atoms with Crippen molar-refractivity contribution in [2.24, 2.45) is 0 Å². The number of ether oxygens (including phenoxy) is 2. The van der Waals surface area contributed by atoms with Gasteiger partial charge in [0.2, 0.25) is 0 Å². The van der Waals surface area contributed by atoms with Crippen molar-refractivity contribution >= 4 is 5.97 Å². The van der Waals surface area contributed by atoms with Crippen LogP contribution in [0.15, 0.2) is 18.2 Å². The van der Waals surface area contributed by atoms with Crippen LogP contribution in [0.5, 0.6) is 5.75 Å². The second-order valence-electron chi connectivity index (χ2n) is 4.04. The molecular weight excluding hydrogens is 216 g/mol. The van der Waals surface area contributed by atoms with Gasteiger partial charge in [-0.2, -0.15) is 0 Å². The summed E-state index contributed by atoms with van der Waals surface area (Å²) in [6.45, 7) is 6.83. The molecule has 94 valence electrons. The SMILES string of the molecule is CCCOC(=O)CCOc1c(C)cccc1C. The van der Waals surface area contributed by atoms with Gasteiger partial charge in [-0.1, -0.05) is 25.1 Å². The van der Waals surface area contributed by atoms with Crippen LogP contribution in [0.25, 0.3) is 0 Å². The molecule has 0 bridgehead atoms. The van der Waals surface area contributed by atoms with E-state index in [1.807, 2.05) is 39.0 Å². The minimum absolute atomic E-state index is 0.196. The molecule has 1 rings (SSSR count). The standard InChI is InChI=1S/C14H20O3/c1-4-9-16-13(15)8-10-17-14-11(2)6-5-7-12(14)3/h5-7H,4,8-10H2,1-3H3. The molecule has 0 spiro atoms. The normalized spacial score (nSPS) is 10.1. The Kier molecular flexibility index (Phi) is 5.53. The van der Waals surface area contributed by atoms with Crippen LogP contribution in [-0.2, 0) is 9.53 Å². The van der Waals surface area contributed by atoms with Crippen molar-refractivity contribution in [3.05, 3.63) is 29.3 Å². The van der Waals surface area contributed by atoms with Crippen LogP contribution in [0, 0.1) is 13.8 Å². The van der Waals surface area contributed by atoms with E-state index >= 15 is 0 Å². The molecule has 1 aromatic rings. The van der Waals surface area contributed by atoms with Crippen molar-refractivity contribution in [3.63, 3.8) is 0 Å². The highest BCUT2D eigenvalue weighted by molar-refractivity contribution is 5.69. The minimum atomic E-state index is -0.196. The fourth-order valence-electron chi connectivity index (χ4n) is 1.55. The maximum atomic E-state index is 11.3. The van der Waals surface area contributed by atoms with Crippen molar-refractivity contribution < 1.29 is 14.3 Å². The van der Waals surface area contributed by atoms with E-state index in [2.05, 4.69) is 0 Å². The summed E-state index contributed by atoms with van der Waals surface area (Å²) in [6.07, 6.45) is 1.15. The average molecular weight is 236 g/mol. The van der Waals surface area contributed by atoms with E-state index < -0.39 is 0 Å². The Morgan fingerprint density at radius 2 is 1.82 bits per heavy atom. The summed E-state index contributed by atoms with van der Waals surface area (Å²) in [6, 6.07) is 5.99. The van der Waals surface area contributed by atoms with Crippen LogP contribution in [0.3, 0.4) is 0 Å². The number of para-hydroxylation sites is 1. The number of esters is 1. The Morgan fingerprint density at radius 3 is 2.41 bits per heavy atom. The lowest BCUT2D eigenvalue weighted by molar-refractivity contribution is -0.144. The highest BCUT2D eigenvalue weighted by Crippen LogP contribution is 2.22. The fourth-order valence-corrected chi connectivity index (χ4v) is 1.55. The first-order valence-electron chi connectivity index (χ1n) is 5.99. The molecule has 0 atom stereocenters. The van der Waals surface area contributed by atoms with E-state index in [0.717, 1.165) is 23.3 Å². The molecule has 3 nitrogen and oxygen atoms in total. The number of hydrogen-bond acceptors (Lipinski definition) is 3. The minimum Gasteiger partial charge on any atom is -0.492 e. The van der Waals surface area contributed by atoms with Crippen LogP contribution in [0.1, 0.15) is 30.9 Å². The van der Waals surface area contributed by atoms with Crippen LogP contribution >= 0.6 is 0 Å². The van der Waals surface area contributed by atoms with Crippen molar-refractivity contribution in [1.29, 1.82) is 0 Å². The van der Waals surface area contributed by atoms with Crippen LogP contribution in [0.4, 0.5) is 0 Å². The van der Waals surface area contributed by atoms with Gasteiger partial charge in [-0.05, 0) is 31.4 Å². The molecule has 0 radical (unpaired) electrons. The number of rotatable bonds is 6. The molecule has 0 aliphatic carbocycles. The smallest absolute Gasteiger partial charge is 0.309 e. The highest BCUT2D eigenvalue weighted by Gasteiger charge is 2.06. The molecule has 0 saturated heterocycles. The molecule has 0 heterocycles. The fraction of sp³-hybridized carbons (Fsp3) is 0.500. The highest BCUT2D eigenvalue weighted by atomic mass is 16.5. The molecule has 0 aliphatic heterocycles. The summed E-state index contributed by atoms with van der Waals surface area (Å²) in [5.74, 6) is 0.675. The molecule has 0 N–H and O–H groups in total. The molecule has 0 fully saturated rings. The number of carbonyl (C=O) groups excluding carboxylic acids is 1. The van der Waals surface area contributed by atoms with E-state index in [1.165, 1.54) is 0 Å². The van der Waals surface area contributed by atoms with Crippen molar-refractivity contribution in [2.45, 2.75) is 33.6 Å². The van der Waals surface area contributed by atoms with E-state index in [0.29, 0.717) is 19.6 Å². The van der Waals surface area contributed by atoms with Crippen molar-refractivity contribution in [3.8, 4) is 5.75 Å². The van der Waals surface area contributed by atoms with Gasteiger partial charge in [0, 0.05) is 0 Å². The Hall–Kier alpha value is -1.51. The van der Waals surface area contributed by atoms with Gasteiger partial charge < -0.3 is 9.47 Å². The molecule has 3 heteroatoms. The number of aryl methyl sites for hydroxylation is 2. The number of carbonyl (C=O) groups is 1. The Balaban J connectivity index is 2.38. The van der Waals surface area contributed by atoms with E-state index in [1.54, 1.807) is 0 Å². The van der Waals surface area contributed by atoms with Crippen LogP contribution in [0.2, 0.25) is 0 Å². The summed E-state index contributed by atoms with van der Waals surface area (Å²) < 4.78 is 10.6. The summed E-state index contributed by atoms with van der Waals surface area (Å²) in [5, 5.41) is 0. The zero-order valence-corrected chi connectivity index (χ0v) is 10.8. The van der Waals surface area contributed by atoms with Gasteiger partial charge in [-0.25, -0.2) is 0 Å². The molecule has 1 aromatic carbocycles. The summed E-state index contributed by atoms with van der Waals surface area (Å²) in [5.41, 5.74) is 2.18. The first-order chi connectivity index (χ1) is 8.15. The zero-order chi connectivity index (χ0) is 12.7. The third-order valence-electron chi connectivity index (χ3n) is 2.43. The lowest BCUT2D eigenvalue weighted by Crippen LogP contribution is -2.11. The maximum absolute atomic E-state index is 11.3. The van der Waals surface area contributed by atoms with E-state index in [9.17, 15) is 4.79 Å². The Labute approximate surface area is 103 Å². The first kappa shape index (κ1) is 13.6. The summed E-state index contributed by atoms with van der Waals surface area (Å²) >= 11 is 0. The zero-order valence-electron chi connectivity index (χ0n) is 10.8. The molecule has 0 saturated carbocycles. The van der Waals surface area contributed by atoms with Crippen molar-refractivity contribution in [2.75, 3.05) is 13.2 Å². The monoisotopic (exact) mass is 236 g/mol. The average Bonchev–Trinajstić information content (AvgIpc) is 2.30. The number of benzene rings is 1. The number of hydrogen-bond donors (Lipinski definition) is 0. The predicted octanol–water partition coefficient (Wildman–Crippen LogP) is 3.03. The lowest BCUT2D eigenvalue weighted by Gasteiger charge is -2.11. The lowest BCUT2D eigenvalue weighted by atomic mass is 10.1. The molecule has 0 unspecified atom stereocenters. The van der Waals surface area contributed by atoms with Gasteiger partial charge in [0.25, 0.3) is 0 Å². The second-order valence-corrected chi connectivity index (χ2v) is 4.04. The van der Waals surface area contributed by atoms with Gasteiger partial charge in [-0.15, -0.1) is 0 Å². The third kappa shape index (κ3) is 4.47. The van der Waals surface area contributed by atoms with Gasteiger partial charge in [0.05, 0.1) is 19.6 Å². The van der Waals surface area contributed by atoms with Gasteiger partial charge in [0.1, 0.15) is 5.75 Å². The summed E-state index contributed by atoms with van der Waals surface area (Å²) in [4.78, 5) is 11.3. The Bertz CT molecular complexity index is 351. The van der Waals surface area contributed by atoms with E-state index in [4.69, 9.17) is 9.47 Å². The molecular formula is C14H20O3. The molecule has 0 aromatic heterocycles. The van der Waals surface area contributed by atoms with Gasteiger partial charge in [-0.3, -0.25) is 4.79 Å². The summed E-state index contributed by atoms with van der Waals surface area (Å²) in [7, 11) is 0.